The summed E-state index contributed by atoms with van der Waals surface area (Å²) in [6.07, 6.45) is -4.05. The van der Waals surface area contributed by atoms with Crippen LogP contribution < -0.4 is 26.0 Å². The van der Waals surface area contributed by atoms with Crippen LogP contribution in [0.25, 0.3) is 0 Å². The number of fused-ring (bicyclic) bond motifs is 1. The number of ether oxygens (including phenoxy) is 4. The molecule has 0 unspecified atom stereocenters. The molecule has 2 fully saturated rings. The van der Waals surface area contributed by atoms with Crippen molar-refractivity contribution in [2.75, 3.05) is 20.7 Å². The van der Waals surface area contributed by atoms with Gasteiger partial charge in [-0.15, -0.1) is 0 Å². The fourth-order valence-electron chi connectivity index (χ4n) is 8.93. The lowest BCUT2D eigenvalue weighted by molar-refractivity contribution is -0.342. The lowest BCUT2D eigenvalue weighted by atomic mass is 9.97. The van der Waals surface area contributed by atoms with Gasteiger partial charge in [0.1, 0.15) is 24.1 Å². The summed E-state index contributed by atoms with van der Waals surface area (Å²) in [5.41, 5.74) is 11.4. The van der Waals surface area contributed by atoms with Crippen LogP contribution in [0.3, 0.4) is 0 Å². The maximum absolute atomic E-state index is 7.88. The fraction of sp³-hybridized carbons (Fsp3) is 0.333. The van der Waals surface area contributed by atoms with Gasteiger partial charge in [-0.3, -0.25) is 0 Å². The number of hydrogen-bond acceptors (Lipinski definition) is 7. The second-order valence-corrected chi connectivity index (χ2v) is 21.5. The van der Waals surface area contributed by atoms with Gasteiger partial charge in [-0.05, 0) is 124 Å². The third-order valence-electron chi connectivity index (χ3n) is 11.3. The minimum Gasteiger partial charge on any atom is -0.462 e. The molecule has 7 nitrogen and oxygen atoms in total. The van der Waals surface area contributed by atoms with Gasteiger partial charge >= 0.3 is 0 Å². The Morgan fingerprint density at radius 1 is 0.524 bits per heavy atom. The van der Waals surface area contributed by atoms with E-state index in [0.29, 0.717) is 6.54 Å². The predicted molar refractivity (Wildman–Crippen MR) is 259 cm³/mol. The highest BCUT2D eigenvalue weighted by atomic mass is 31.1. The lowest BCUT2D eigenvalue weighted by Crippen LogP contribution is -2.64. The van der Waals surface area contributed by atoms with Gasteiger partial charge in [0.05, 0.1) is 22.9 Å². The van der Waals surface area contributed by atoms with Crippen molar-refractivity contribution >= 4 is 37.5 Å². The van der Waals surface area contributed by atoms with E-state index in [4.69, 9.17) is 28.0 Å². The van der Waals surface area contributed by atoms with Crippen molar-refractivity contribution < 1.29 is 28.0 Å². The van der Waals surface area contributed by atoms with Crippen molar-refractivity contribution in [1.29, 1.82) is 0 Å². The minimum atomic E-state index is -1.45. The van der Waals surface area contributed by atoms with E-state index in [1.54, 1.807) is 0 Å². The van der Waals surface area contributed by atoms with Crippen LogP contribution in [-0.2, 0) is 29.8 Å². The van der Waals surface area contributed by atoms with E-state index in [1.807, 2.05) is 42.5 Å². The zero-order valence-electron chi connectivity index (χ0n) is 38.3. The smallest absolute Gasteiger partial charge is 0.229 e. The summed E-state index contributed by atoms with van der Waals surface area (Å²) in [5.74, 6) is 0.731. The molecule has 0 radical (unpaired) electrons. The molecule has 0 aromatic heterocycles. The van der Waals surface area contributed by atoms with Crippen LogP contribution in [0.4, 0.5) is 0 Å². The van der Waals surface area contributed by atoms with E-state index in [2.05, 4.69) is 159 Å². The molecule has 0 N–H and O–H groups in total. The molecule has 9 heteroatoms. The Hall–Kier alpha value is -4.26. The van der Waals surface area contributed by atoms with Crippen LogP contribution in [0.1, 0.15) is 61.9 Å². The molecule has 6 aromatic rings. The van der Waals surface area contributed by atoms with Gasteiger partial charge in [0.25, 0.3) is 0 Å². The molecule has 0 spiro atoms. The summed E-state index contributed by atoms with van der Waals surface area (Å²) < 4.78 is 43.7. The van der Waals surface area contributed by atoms with Crippen molar-refractivity contribution in [2.45, 2.75) is 98.9 Å². The van der Waals surface area contributed by atoms with Crippen molar-refractivity contribution in [3.63, 3.8) is 0 Å². The van der Waals surface area contributed by atoms with Crippen molar-refractivity contribution in [1.82, 2.24) is 4.90 Å². The Morgan fingerprint density at radius 3 is 1.41 bits per heavy atom. The van der Waals surface area contributed by atoms with Crippen LogP contribution in [0.15, 0.2) is 127 Å². The Kier molecular flexibility index (Phi) is 14.3. The average molecular weight is 882 g/mol. The highest BCUT2D eigenvalue weighted by Gasteiger charge is 2.54. The summed E-state index contributed by atoms with van der Waals surface area (Å²) in [4.78, 5) is 2.15. The fourth-order valence-corrected chi connectivity index (χ4v) is 13.5. The topological polar surface area (TPSA) is 58.6 Å². The molecule has 0 saturated carbocycles. The highest BCUT2D eigenvalue weighted by Crippen LogP contribution is 2.49. The average Bonchev–Trinajstić information content (AvgIpc) is 3.21. The SMILES string of the molecule is Cc1cc(C)cc(P(O[C@@H]2[C@@H](OP(c3cc(C)cc(C)c3)c3cc(C)cc(C)c3)[C@H](Oc3ccccc3CN(C)C)O[C@@H]3CO[C@@H](c4ccccc4)O[C@@H]23)c2cc(C)cc(C)c2)c1. The number of benzene rings is 6. The minimum absolute atomic E-state index is 0.282. The van der Waals surface area contributed by atoms with Gasteiger partial charge in [0.2, 0.25) is 6.29 Å². The molecule has 6 aromatic carbocycles. The van der Waals surface area contributed by atoms with E-state index >= 15 is 0 Å². The lowest BCUT2D eigenvalue weighted by Gasteiger charge is -2.50. The van der Waals surface area contributed by atoms with Crippen LogP contribution in [0.2, 0.25) is 0 Å². The first kappa shape index (κ1) is 45.3. The second kappa shape index (κ2) is 19.9. The zero-order valence-corrected chi connectivity index (χ0v) is 40.1. The first-order chi connectivity index (χ1) is 30.3. The molecule has 0 bridgehead atoms. The first-order valence-corrected chi connectivity index (χ1v) is 24.4. The van der Waals surface area contributed by atoms with Crippen molar-refractivity contribution in [3.8, 4) is 5.75 Å². The molecular formula is C54H61NO6P2. The van der Waals surface area contributed by atoms with E-state index < -0.39 is 53.3 Å². The summed E-state index contributed by atoms with van der Waals surface area (Å²) in [5, 5.41) is 4.48. The molecule has 2 heterocycles. The number of aryl methyl sites for hydroxylation is 8. The van der Waals surface area contributed by atoms with E-state index in [1.165, 1.54) is 44.5 Å². The predicted octanol–water partition coefficient (Wildman–Crippen LogP) is 10.3. The quantitative estimate of drug-likeness (QED) is 0.107. The summed E-state index contributed by atoms with van der Waals surface area (Å²) in [6, 6.07) is 45.3. The third-order valence-corrected chi connectivity index (χ3v) is 15.1. The van der Waals surface area contributed by atoms with Crippen LogP contribution in [0, 0.1) is 55.4 Å². The van der Waals surface area contributed by atoms with Gasteiger partial charge in [-0.1, -0.05) is 117 Å². The van der Waals surface area contributed by atoms with Gasteiger partial charge < -0.3 is 32.9 Å². The molecule has 2 aliphatic rings. The van der Waals surface area contributed by atoms with Crippen LogP contribution >= 0.6 is 16.3 Å². The molecule has 328 valence electrons. The number of nitrogens with zero attached hydrogens (tertiary/aromatic N) is 1. The third kappa shape index (κ3) is 11.0. The molecule has 8 rings (SSSR count). The van der Waals surface area contributed by atoms with E-state index in [0.717, 1.165) is 38.1 Å². The largest absolute Gasteiger partial charge is 0.462 e. The molecule has 2 saturated heterocycles. The molecule has 0 amide bonds. The van der Waals surface area contributed by atoms with Gasteiger partial charge in [0.15, 0.2) is 12.4 Å². The Balaban J connectivity index is 1.33. The van der Waals surface area contributed by atoms with Crippen LogP contribution in [0.5, 0.6) is 5.75 Å². The number of hydrogen-bond donors (Lipinski definition) is 0. The van der Waals surface area contributed by atoms with E-state index in [9.17, 15) is 0 Å². The maximum atomic E-state index is 7.88. The van der Waals surface area contributed by atoms with Crippen LogP contribution in [-0.4, -0.2) is 56.3 Å². The zero-order chi connectivity index (χ0) is 44.4. The Labute approximate surface area is 377 Å². The number of para-hydroxylation sites is 1. The molecule has 6 atom stereocenters. The standard InChI is InChI=1S/C54H61NO6P2/c1-34-20-35(2)25-44(24-34)62(45-26-36(3)21-37(4)27-45)60-51-50-49(33-56-53(59-50)42-16-12-11-13-17-42)58-54(57-48-19-15-14-18-43(48)32-55(9)10)52(51)61-63(46-28-38(5)22-39(6)29-46)47-30-40(7)23-41(8)31-47/h11-31,49-54H,32-33H2,1-10H3/t49-,50-,51+,52-,53-,54-/m1/s1. The monoisotopic (exact) mass is 881 g/mol. The number of rotatable bonds is 13. The second-order valence-electron chi connectivity index (χ2n) is 17.8. The van der Waals surface area contributed by atoms with Gasteiger partial charge in [0, 0.05) is 38.9 Å². The highest BCUT2D eigenvalue weighted by molar-refractivity contribution is 7.69. The summed E-state index contributed by atoms with van der Waals surface area (Å²) >= 11 is 0. The van der Waals surface area contributed by atoms with E-state index in [-0.39, 0.29) is 6.61 Å². The summed E-state index contributed by atoms with van der Waals surface area (Å²) in [6.45, 7) is 18.2. The Bertz CT molecular complexity index is 2350. The van der Waals surface area contributed by atoms with Crippen molar-refractivity contribution in [3.05, 3.63) is 183 Å². The normalized spacial score (nSPS) is 21.2. The molecule has 0 aliphatic carbocycles. The Morgan fingerprint density at radius 2 is 0.952 bits per heavy atom. The molecule has 63 heavy (non-hydrogen) atoms. The van der Waals surface area contributed by atoms with Gasteiger partial charge in [-0.2, -0.15) is 0 Å². The maximum Gasteiger partial charge on any atom is 0.229 e. The van der Waals surface area contributed by atoms with Crippen molar-refractivity contribution in [2.24, 2.45) is 0 Å². The molecule has 2 aliphatic heterocycles. The molecular weight excluding hydrogens is 821 g/mol. The first-order valence-electron chi connectivity index (χ1n) is 21.9. The summed E-state index contributed by atoms with van der Waals surface area (Å²) in [7, 11) is 1.26. The van der Waals surface area contributed by atoms with Gasteiger partial charge in [-0.25, -0.2) is 0 Å².